The molecule has 0 unspecified atom stereocenters. The Kier molecular flexibility index (Phi) is 2.32. The summed E-state index contributed by atoms with van der Waals surface area (Å²) in [6, 6.07) is 13.1. The van der Waals surface area contributed by atoms with E-state index in [2.05, 4.69) is 17.5 Å². The highest BCUT2D eigenvalue weighted by atomic mass is 32.1. The molecule has 0 saturated carbocycles. The van der Waals surface area contributed by atoms with Crippen molar-refractivity contribution >= 4 is 11.3 Å². The lowest BCUT2D eigenvalue weighted by molar-refractivity contribution is 0.414. The van der Waals surface area contributed by atoms with E-state index < -0.39 is 0 Å². The van der Waals surface area contributed by atoms with Crippen molar-refractivity contribution in [2.24, 2.45) is 0 Å². The summed E-state index contributed by atoms with van der Waals surface area (Å²) >= 11 is 1.73. The standard InChI is InChI=1S/C11H9OS/c1-12-10-5-2-4-9(8-10)11-6-3-7-13-11/h2-4,6-8H,1H3. The molecular weight excluding hydrogens is 180 g/mol. The van der Waals surface area contributed by atoms with Gasteiger partial charge in [-0.2, -0.15) is 0 Å². The number of thiophene rings is 1. The lowest BCUT2D eigenvalue weighted by Crippen LogP contribution is -1.82. The highest BCUT2D eigenvalue weighted by molar-refractivity contribution is 7.13. The van der Waals surface area contributed by atoms with E-state index in [4.69, 9.17) is 4.74 Å². The lowest BCUT2D eigenvalue weighted by Gasteiger charge is -2.00. The van der Waals surface area contributed by atoms with Crippen molar-refractivity contribution in [2.75, 3.05) is 7.11 Å². The van der Waals surface area contributed by atoms with Crippen LogP contribution in [0.1, 0.15) is 0 Å². The molecule has 0 bridgehead atoms. The molecule has 0 fully saturated rings. The Balaban J connectivity index is 2.41. The highest BCUT2D eigenvalue weighted by Gasteiger charge is 1.99. The van der Waals surface area contributed by atoms with Crippen LogP contribution in [0, 0.1) is 6.07 Å². The molecule has 0 aliphatic rings. The summed E-state index contributed by atoms with van der Waals surface area (Å²) in [5.74, 6) is 0.783. The maximum Gasteiger partial charge on any atom is 0.127 e. The molecule has 2 aromatic rings. The molecule has 2 heteroatoms. The van der Waals surface area contributed by atoms with Crippen molar-refractivity contribution in [1.29, 1.82) is 0 Å². The minimum Gasteiger partial charge on any atom is -0.496 e. The Morgan fingerprint density at radius 1 is 1.38 bits per heavy atom. The number of hydrogen-bond donors (Lipinski definition) is 0. The molecule has 0 spiro atoms. The van der Waals surface area contributed by atoms with Gasteiger partial charge < -0.3 is 4.74 Å². The molecule has 65 valence electrons. The highest BCUT2D eigenvalue weighted by Crippen LogP contribution is 2.26. The molecule has 1 aromatic carbocycles. The third kappa shape index (κ3) is 1.73. The molecule has 0 atom stereocenters. The van der Waals surface area contributed by atoms with E-state index in [1.165, 1.54) is 10.4 Å². The SMILES string of the molecule is COc1[c]ccc(-c2cccs2)c1. The van der Waals surface area contributed by atoms with Gasteiger partial charge in [0.25, 0.3) is 0 Å². The van der Waals surface area contributed by atoms with Gasteiger partial charge in [0.15, 0.2) is 0 Å². The predicted octanol–water partition coefficient (Wildman–Crippen LogP) is 3.22. The largest absolute Gasteiger partial charge is 0.496 e. The van der Waals surface area contributed by atoms with Crippen molar-refractivity contribution in [3.63, 3.8) is 0 Å². The van der Waals surface area contributed by atoms with Gasteiger partial charge in [-0.15, -0.1) is 11.3 Å². The normalized spacial score (nSPS) is 9.92. The fourth-order valence-corrected chi connectivity index (χ4v) is 1.88. The summed E-state index contributed by atoms with van der Waals surface area (Å²) in [7, 11) is 1.66. The molecule has 1 aromatic heterocycles. The van der Waals surface area contributed by atoms with Crippen LogP contribution in [0.5, 0.6) is 5.75 Å². The monoisotopic (exact) mass is 189 g/mol. The average molecular weight is 189 g/mol. The second-order valence-corrected chi connectivity index (χ2v) is 3.57. The van der Waals surface area contributed by atoms with Crippen LogP contribution in [-0.4, -0.2) is 7.11 Å². The maximum atomic E-state index is 5.10. The Bertz CT molecular complexity index is 379. The number of ether oxygens (including phenoxy) is 1. The van der Waals surface area contributed by atoms with Gasteiger partial charge >= 0.3 is 0 Å². The Morgan fingerprint density at radius 2 is 2.31 bits per heavy atom. The number of rotatable bonds is 2. The first kappa shape index (κ1) is 8.32. The molecule has 0 N–H and O–H groups in total. The third-order valence-electron chi connectivity index (χ3n) is 1.80. The van der Waals surface area contributed by atoms with E-state index in [0.717, 1.165) is 5.75 Å². The first-order valence-electron chi connectivity index (χ1n) is 4.00. The molecule has 0 aliphatic carbocycles. The number of benzene rings is 1. The van der Waals surface area contributed by atoms with Crippen molar-refractivity contribution in [2.45, 2.75) is 0 Å². The molecule has 1 radical (unpaired) electrons. The molecule has 0 aliphatic heterocycles. The van der Waals surface area contributed by atoms with Crippen LogP contribution in [0.2, 0.25) is 0 Å². The zero-order valence-corrected chi connectivity index (χ0v) is 8.10. The zero-order valence-electron chi connectivity index (χ0n) is 7.28. The summed E-state index contributed by atoms with van der Waals surface area (Å²) in [5.41, 5.74) is 1.19. The summed E-state index contributed by atoms with van der Waals surface area (Å²) in [5, 5.41) is 2.07. The van der Waals surface area contributed by atoms with Gasteiger partial charge in [0.2, 0.25) is 0 Å². The minimum absolute atomic E-state index is 0.783. The van der Waals surface area contributed by atoms with E-state index in [-0.39, 0.29) is 0 Å². The molecule has 13 heavy (non-hydrogen) atoms. The first-order chi connectivity index (χ1) is 6.40. The van der Waals surface area contributed by atoms with E-state index in [1.54, 1.807) is 18.4 Å². The van der Waals surface area contributed by atoms with Crippen LogP contribution in [-0.2, 0) is 0 Å². The van der Waals surface area contributed by atoms with Gasteiger partial charge in [-0.25, -0.2) is 0 Å². The smallest absolute Gasteiger partial charge is 0.127 e. The van der Waals surface area contributed by atoms with Gasteiger partial charge in [0, 0.05) is 10.9 Å². The van der Waals surface area contributed by atoms with Crippen molar-refractivity contribution < 1.29 is 4.74 Å². The van der Waals surface area contributed by atoms with E-state index in [1.807, 2.05) is 24.3 Å². The predicted molar refractivity (Wildman–Crippen MR) is 55.1 cm³/mol. The minimum atomic E-state index is 0.783. The number of hydrogen-bond acceptors (Lipinski definition) is 2. The van der Waals surface area contributed by atoms with Crippen molar-refractivity contribution in [1.82, 2.24) is 0 Å². The van der Waals surface area contributed by atoms with Crippen LogP contribution >= 0.6 is 11.3 Å². The molecule has 2 rings (SSSR count). The number of methoxy groups -OCH3 is 1. The second kappa shape index (κ2) is 3.62. The van der Waals surface area contributed by atoms with Gasteiger partial charge in [-0.05, 0) is 29.1 Å². The quantitative estimate of drug-likeness (QED) is 0.704. The van der Waals surface area contributed by atoms with E-state index >= 15 is 0 Å². The molecule has 1 heterocycles. The molecule has 1 nitrogen and oxygen atoms in total. The first-order valence-corrected chi connectivity index (χ1v) is 4.88. The van der Waals surface area contributed by atoms with Crippen molar-refractivity contribution in [3.05, 3.63) is 41.8 Å². The van der Waals surface area contributed by atoms with E-state index in [0.29, 0.717) is 0 Å². The second-order valence-electron chi connectivity index (χ2n) is 2.62. The topological polar surface area (TPSA) is 9.23 Å². The summed E-state index contributed by atoms with van der Waals surface area (Å²) in [4.78, 5) is 1.26. The average Bonchev–Trinajstić information content (AvgIpc) is 2.71. The van der Waals surface area contributed by atoms with E-state index in [9.17, 15) is 0 Å². The third-order valence-corrected chi connectivity index (χ3v) is 2.72. The Morgan fingerprint density at radius 3 is 3.00 bits per heavy atom. The lowest BCUT2D eigenvalue weighted by atomic mass is 10.2. The fourth-order valence-electron chi connectivity index (χ4n) is 1.16. The van der Waals surface area contributed by atoms with Gasteiger partial charge in [-0.1, -0.05) is 12.1 Å². The summed E-state index contributed by atoms with van der Waals surface area (Å²) in [6.07, 6.45) is 0. The zero-order chi connectivity index (χ0) is 9.10. The van der Waals surface area contributed by atoms with Crippen LogP contribution < -0.4 is 4.74 Å². The van der Waals surface area contributed by atoms with Gasteiger partial charge in [0.1, 0.15) is 5.75 Å². The van der Waals surface area contributed by atoms with Gasteiger partial charge in [0.05, 0.1) is 7.11 Å². The summed E-state index contributed by atoms with van der Waals surface area (Å²) in [6.45, 7) is 0. The van der Waals surface area contributed by atoms with Crippen LogP contribution in [0.25, 0.3) is 10.4 Å². The molecule has 0 amide bonds. The molecule has 0 saturated heterocycles. The van der Waals surface area contributed by atoms with Crippen molar-refractivity contribution in [3.8, 4) is 16.2 Å². The van der Waals surface area contributed by atoms with Crippen LogP contribution in [0.4, 0.5) is 0 Å². The molecular formula is C11H9OS. The van der Waals surface area contributed by atoms with Crippen LogP contribution in [0.3, 0.4) is 0 Å². The maximum absolute atomic E-state index is 5.10. The summed E-state index contributed by atoms with van der Waals surface area (Å²) < 4.78 is 5.10. The van der Waals surface area contributed by atoms with Crippen LogP contribution in [0.15, 0.2) is 35.7 Å². The Labute approximate surface area is 81.6 Å². The fraction of sp³-hybridized carbons (Fsp3) is 0.0909. The van der Waals surface area contributed by atoms with Gasteiger partial charge in [-0.3, -0.25) is 0 Å². The Hall–Kier alpha value is -1.28.